The van der Waals surface area contributed by atoms with Crippen molar-refractivity contribution in [2.45, 2.75) is 38.8 Å². The standard InChI is InChI=1S/C19H32N4O/c1-3-20-19(21-12-14-24-2)22-15-18-11-7-8-13-23(18)16-17-9-5-4-6-10-17/h4-6,9-10,18H,3,7-8,11-16H2,1-2H3,(H2,20,21,22). The number of benzene rings is 1. The number of piperidine rings is 1. The van der Waals surface area contributed by atoms with Gasteiger partial charge in [-0.25, -0.2) is 0 Å². The molecule has 1 aliphatic rings. The number of nitrogens with one attached hydrogen (secondary N) is 2. The maximum atomic E-state index is 5.09. The SMILES string of the molecule is CCNC(=NCC1CCCCN1Cc1ccccc1)NCCOC. The third-order valence-electron chi connectivity index (χ3n) is 4.38. The Morgan fingerprint density at radius 1 is 1.25 bits per heavy atom. The third-order valence-corrected chi connectivity index (χ3v) is 4.38. The molecule has 1 atom stereocenters. The molecule has 0 amide bonds. The minimum absolute atomic E-state index is 0.525. The van der Waals surface area contributed by atoms with E-state index in [0.717, 1.165) is 32.1 Å². The highest BCUT2D eigenvalue weighted by atomic mass is 16.5. The zero-order chi connectivity index (χ0) is 17.0. The minimum atomic E-state index is 0.525. The highest BCUT2D eigenvalue weighted by Gasteiger charge is 2.22. The van der Waals surface area contributed by atoms with Crippen molar-refractivity contribution in [1.29, 1.82) is 0 Å². The molecule has 1 fully saturated rings. The molecule has 5 heteroatoms. The van der Waals surface area contributed by atoms with Crippen LogP contribution in [-0.4, -0.2) is 56.8 Å². The molecule has 0 spiro atoms. The van der Waals surface area contributed by atoms with E-state index in [0.29, 0.717) is 12.6 Å². The Morgan fingerprint density at radius 3 is 2.83 bits per heavy atom. The summed E-state index contributed by atoms with van der Waals surface area (Å²) < 4.78 is 5.09. The lowest BCUT2D eigenvalue weighted by Crippen LogP contribution is -2.43. The number of methoxy groups -OCH3 is 1. The molecule has 2 rings (SSSR count). The normalized spacial score (nSPS) is 19.2. The molecule has 1 aliphatic heterocycles. The molecule has 1 aromatic rings. The predicted molar refractivity (Wildman–Crippen MR) is 100 cm³/mol. The Bertz CT molecular complexity index is 478. The molecule has 1 saturated heterocycles. The Hall–Kier alpha value is -1.59. The van der Waals surface area contributed by atoms with Crippen LogP contribution in [0.25, 0.3) is 0 Å². The minimum Gasteiger partial charge on any atom is -0.383 e. The molecule has 0 saturated carbocycles. The topological polar surface area (TPSA) is 48.9 Å². The molecule has 134 valence electrons. The highest BCUT2D eigenvalue weighted by molar-refractivity contribution is 5.79. The summed E-state index contributed by atoms with van der Waals surface area (Å²) >= 11 is 0. The second-order valence-electron chi connectivity index (χ2n) is 6.24. The van der Waals surface area contributed by atoms with Crippen LogP contribution in [0.15, 0.2) is 35.3 Å². The molecule has 0 radical (unpaired) electrons. The van der Waals surface area contributed by atoms with Gasteiger partial charge in [-0.1, -0.05) is 36.8 Å². The maximum Gasteiger partial charge on any atom is 0.191 e. The summed E-state index contributed by atoms with van der Waals surface area (Å²) in [7, 11) is 1.72. The Kier molecular flexibility index (Phi) is 8.63. The number of ether oxygens (including phenoxy) is 1. The van der Waals surface area contributed by atoms with Crippen molar-refractivity contribution in [3.63, 3.8) is 0 Å². The first-order valence-electron chi connectivity index (χ1n) is 9.12. The molecule has 2 N–H and O–H groups in total. The fourth-order valence-corrected chi connectivity index (χ4v) is 3.10. The maximum absolute atomic E-state index is 5.09. The molecule has 0 bridgehead atoms. The van der Waals surface area contributed by atoms with E-state index in [1.54, 1.807) is 7.11 Å². The van der Waals surface area contributed by atoms with E-state index < -0.39 is 0 Å². The van der Waals surface area contributed by atoms with Gasteiger partial charge in [0.25, 0.3) is 0 Å². The first-order chi connectivity index (χ1) is 11.8. The lowest BCUT2D eigenvalue weighted by molar-refractivity contribution is 0.145. The molecule has 24 heavy (non-hydrogen) atoms. The van der Waals surface area contributed by atoms with Crippen molar-refractivity contribution in [2.75, 3.05) is 39.9 Å². The van der Waals surface area contributed by atoms with Gasteiger partial charge in [0.05, 0.1) is 13.2 Å². The van der Waals surface area contributed by atoms with E-state index in [-0.39, 0.29) is 0 Å². The molecule has 0 aliphatic carbocycles. The smallest absolute Gasteiger partial charge is 0.191 e. The van der Waals surface area contributed by atoms with Gasteiger partial charge >= 0.3 is 0 Å². The number of aliphatic imine (C=N–C) groups is 1. The number of hydrogen-bond donors (Lipinski definition) is 2. The highest BCUT2D eigenvalue weighted by Crippen LogP contribution is 2.19. The van der Waals surface area contributed by atoms with E-state index >= 15 is 0 Å². The second kappa shape index (κ2) is 11.0. The van der Waals surface area contributed by atoms with Crippen LogP contribution in [0.5, 0.6) is 0 Å². The zero-order valence-corrected chi connectivity index (χ0v) is 15.1. The molecule has 1 aromatic carbocycles. The van der Waals surface area contributed by atoms with Gasteiger partial charge in [0.15, 0.2) is 5.96 Å². The van der Waals surface area contributed by atoms with Crippen LogP contribution >= 0.6 is 0 Å². The van der Waals surface area contributed by atoms with Gasteiger partial charge in [-0.3, -0.25) is 9.89 Å². The van der Waals surface area contributed by atoms with Crippen LogP contribution in [0.1, 0.15) is 31.7 Å². The monoisotopic (exact) mass is 332 g/mol. The summed E-state index contributed by atoms with van der Waals surface area (Å²) in [4.78, 5) is 7.38. The number of hydrogen-bond acceptors (Lipinski definition) is 3. The van der Waals surface area contributed by atoms with Gasteiger partial charge in [-0.2, -0.15) is 0 Å². The van der Waals surface area contributed by atoms with Gasteiger partial charge < -0.3 is 15.4 Å². The van der Waals surface area contributed by atoms with Crippen molar-refractivity contribution in [1.82, 2.24) is 15.5 Å². The first-order valence-corrected chi connectivity index (χ1v) is 9.12. The summed E-state index contributed by atoms with van der Waals surface area (Å²) in [5.74, 6) is 0.889. The van der Waals surface area contributed by atoms with Gasteiger partial charge in [-0.15, -0.1) is 0 Å². The third kappa shape index (κ3) is 6.49. The average Bonchev–Trinajstić information content (AvgIpc) is 2.62. The Morgan fingerprint density at radius 2 is 2.08 bits per heavy atom. The lowest BCUT2D eigenvalue weighted by Gasteiger charge is -2.35. The summed E-state index contributed by atoms with van der Waals surface area (Å²) in [6, 6.07) is 11.3. The lowest BCUT2D eigenvalue weighted by atomic mass is 10.0. The van der Waals surface area contributed by atoms with E-state index in [1.165, 1.54) is 31.4 Å². The number of guanidine groups is 1. The van der Waals surface area contributed by atoms with Gasteiger partial charge in [0.1, 0.15) is 0 Å². The first kappa shape index (κ1) is 18.7. The van der Waals surface area contributed by atoms with Crippen molar-refractivity contribution >= 4 is 5.96 Å². The number of likely N-dealkylation sites (tertiary alicyclic amines) is 1. The van der Waals surface area contributed by atoms with Crippen LogP contribution in [-0.2, 0) is 11.3 Å². The molecule has 0 aromatic heterocycles. The quantitative estimate of drug-likeness (QED) is 0.435. The second-order valence-corrected chi connectivity index (χ2v) is 6.24. The molecule has 1 unspecified atom stereocenters. The van der Waals surface area contributed by atoms with Gasteiger partial charge in [0, 0.05) is 32.8 Å². The van der Waals surface area contributed by atoms with E-state index in [9.17, 15) is 0 Å². The average molecular weight is 332 g/mol. The Labute approximate surface area is 146 Å². The van der Waals surface area contributed by atoms with Crippen molar-refractivity contribution < 1.29 is 4.74 Å². The fraction of sp³-hybridized carbons (Fsp3) is 0.632. The molecule has 1 heterocycles. The predicted octanol–water partition coefficient (Wildman–Crippen LogP) is 2.24. The van der Waals surface area contributed by atoms with Crippen molar-refractivity contribution in [2.24, 2.45) is 4.99 Å². The van der Waals surface area contributed by atoms with Gasteiger partial charge in [0.2, 0.25) is 0 Å². The van der Waals surface area contributed by atoms with Gasteiger partial charge in [-0.05, 0) is 31.9 Å². The van der Waals surface area contributed by atoms with Crippen molar-refractivity contribution in [3.8, 4) is 0 Å². The molecular formula is C19H32N4O. The van der Waals surface area contributed by atoms with E-state index in [4.69, 9.17) is 9.73 Å². The van der Waals surface area contributed by atoms with Crippen molar-refractivity contribution in [3.05, 3.63) is 35.9 Å². The summed E-state index contributed by atoms with van der Waals surface area (Å²) in [6.07, 6.45) is 3.83. The summed E-state index contributed by atoms with van der Waals surface area (Å²) in [5.41, 5.74) is 1.39. The van der Waals surface area contributed by atoms with Crippen LogP contribution in [0.4, 0.5) is 0 Å². The molecular weight excluding hydrogens is 300 g/mol. The van der Waals surface area contributed by atoms with E-state index in [1.807, 2.05) is 0 Å². The number of rotatable bonds is 8. The summed E-state index contributed by atoms with van der Waals surface area (Å²) in [5, 5.41) is 6.63. The molecule has 5 nitrogen and oxygen atoms in total. The number of nitrogens with zero attached hydrogens (tertiary/aromatic N) is 2. The zero-order valence-electron chi connectivity index (χ0n) is 15.1. The summed E-state index contributed by atoms with van der Waals surface area (Å²) in [6.45, 7) is 7.47. The van der Waals surface area contributed by atoms with Crippen LogP contribution in [0.2, 0.25) is 0 Å². The largest absolute Gasteiger partial charge is 0.383 e. The van der Waals surface area contributed by atoms with Crippen LogP contribution < -0.4 is 10.6 Å². The van der Waals surface area contributed by atoms with Crippen LogP contribution in [0.3, 0.4) is 0 Å². The van der Waals surface area contributed by atoms with Crippen LogP contribution in [0, 0.1) is 0 Å². The fourth-order valence-electron chi connectivity index (χ4n) is 3.10. The Balaban J connectivity index is 1.91. The van der Waals surface area contributed by atoms with E-state index in [2.05, 4.69) is 52.8 Å².